The summed E-state index contributed by atoms with van der Waals surface area (Å²) in [5, 5.41) is 11.7. The minimum absolute atomic E-state index is 0.0264. The summed E-state index contributed by atoms with van der Waals surface area (Å²) in [6, 6.07) is -0.738. The van der Waals surface area contributed by atoms with Crippen LogP contribution in [0.15, 0.2) is 0 Å². The number of hydrogen-bond donors (Lipinski definition) is 2. The summed E-state index contributed by atoms with van der Waals surface area (Å²) >= 11 is 0. The molecule has 2 amide bonds. The molecule has 2 rings (SSSR count). The molecule has 0 spiro atoms. The van der Waals surface area contributed by atoms with Crippen LogP contribution in [0.1, 0.15) is 19.8 Å². The molecule has 2 aliphatic rings. The number of hydrogen-bond acceptors (Lipinski definition) is 3. The van der Waals surface area contributed by atoms with E-state index in [0.29, 0.717) is 19.5 Å². The number of carbonyl (C=O) groups excluding carboxylic acids is 2. The maximum Gasteiger partial charge on any atom is 0.326 e. The van der Waals surface area contributed by atoms with Gasteiger partial charge in [0.25, 0.3) is 0 Å². The summed E-state index contributed by atoms with van der Waals surface area (Å²) in [4.78, 5) is 35.7. The summed E-state index contributed by atoms with van der Waals surface area (Å²) in [7, 11) is 0. The van der Waals surface area contributed by atoms with Crippen molar-refractivity contribution in [3.8, 4) is 0 Å². The van der Waals surface area contributed by atoms with Gasteiger partial charge in [0.05, 0.1) is 5.92 Å². The van der Waals surface area contributed by atoms with Gasteiger partial charge in [-0.3, -0.25) is 9.59 Å². The van der Waals surface area contributed by atoms with E-state index in [1.165, 1.54) is 4.90 Å². The highest BCUT2D eigenvalue weighted by atomic mass is 16.4. The van der Waals surface area contributed by atoms with Gasteiger partial charge in [-0.05, 0) is 12.3 Å². The largest absolute Gasteiger partial charge is 0.480 e. The van der Waals surface area contributed by atoms with Crippen molar-refractivity contribution in [2.45, 2.75) is 25.8 Å². The molecule has 0 radical (unpaired) electrons. The van der Waals surface area contributed by atoms with E-state index in [-0.39, 0.29) is 24.2 Å². The Hall–Kier alpha value is -1.59. The third-order valence-electron chi connectivity index (χ3n) is 3.56. The van der Waals surface area contributed by atoms with E-state index in [1.807, 2.05) is 6.92 Å². The lowest BCUT2D eigenvalue weighted by Gasteiger charge is -2.25. The molecule has 2 saturated heterocycles. The lowest BCUT2D eigenvalue weighted by molar-refractivity contribution is -0.150. The molecule has 2 N–H and O–H groups in total. The number of aliphatic carboxylic acids is 1. The van der Waals surface area contributed by atoms with Gasteiger partial charge in [0.2, 0.25) is 11.8 Å². The van der Waals surface area contributed by atoms with Crippen LogP contribution in [0.25, 0.3) is 0 Å². The molecule has 94 valence electrons. The Labute approximate surface area is 99.0 Å². The molecule has 0 aromatic rings. The maximum atomic E-state index is 12.1. The number of amides is 2. The number of carboxylic acids is 1. The Bertz CT molecular complexity index is 368. The zero-order chi connectivity index (χ0) is 12.6. The number of carboxylic acid groups (broad SMARTS) is 1. The van der Waals surface area contributed by atoms with Gasteiger partial charge >= 0.3 is 5.97 Å². The SMILES string of the molecule is CC1CCN(C(=O)C2CNC(=O)C2)C1C(=O)O. The van der Waals surface area contributed by atoms with E-state index in [2.05, 4.69) is 5.32 Å². The highest BCUT2D eigenvalue weighted by Crippen LogP contribution is 2.27. The predicted molar refractivity (Wildman–Crippen MR) is 58.0 cm³/mol. The molecule has 2 fully saturated rings. The van der Waals surface area contributed by atoms with Crippen molar-refractivity contribution in [2.24, 2.45) is 11.8 Å². The second-order valence-electron chi connectivity index (χ2n) is 4.79. The van der Waals surface area contributed by atoms with Crippen LogP contribution in [0.3, 0.4) is 0 Å². The van der Waals surface area contributed by atoms with Crippen molar-refractivity contribution < 1.29 is 19.5 Å². The predicted octanol–water partition coefficient (Wildman–Crippen LogP) is -0.556. The van der Waals surface area contributed by atoms with Gasteiger partial charge in [-0.25, -0.2) is 4.79 Å². The lowest BCUT2D eigenvalue weighted by Crippen LogP contribution is -2.45. The first-order valence-electron chi connectivity index (χ1n) is 5.80. The van der Waals surface area contributed by atoms with Crippen molar-refractivity contribution in [3.63, 3.8) is 0 Å². The molecule has 3 atom stereocenters. The summed E-state index contributed by atoms with van der Waals surface area (Å²) in [6.45, 7) is 2.64. The van der Waals surface area contributed by atoms with Crippen LogP contribution in [-0.4, -0.2) is 46.9 Å². The van der Waals surface area contributed by atoms with Crippen molar-refractivity contribution in [1.29, 1.82) is 0 Å². The number of likely N-dealkylation sites (tertiary alicyclic amines) is 1. The molecular weight excluding hydrogens is 224 g/mol. The molecule has 2 aliphatic heterocycles. The van der Waals surface area contributed by atoms with Gasteiger partial charge in [-0.2, -0.15) is 0 Å². The minimum atomic E-state index is -0.958. The third kappa shape index (κ3) is 2.11. The lowest BCUT2D eigenvalue weighted by atomic mass is 10.0. The van der Waals surface area contributed by atoms with Crippen LogP contribution >= 0.6 is 0 Å². The molecule has 0 bridgehead atoms. The fraction of sp³-hybridized carbons (Fsp3) is 0.727. The molecule has 0 aromatic heterocycles. The second kappa shape index (κ2) is 4.35. The van der Waals surface area contributed by atoms with Crippen molar-refractivity contribution >= 4 is 17.8 Å². The van der Waals surface area contributed by atoms with Gasteiger partial charge in [-0.1, -0.05) is 6.92 Å². The number of rotatable bonds is 2. The zero-order valence-electron chi connectivity index (χ0n) is 9.68. The van der Waals surface area contributed by atoms with Gasteiger partial charge in [0, 0.05) is 19.5 Å². The monoisotopic (exact) mass is 240 g/mol. The second-order valence-corrected chi connectivity index (χ2v) is 4.79. The standard InChI is InChI=1S/C11H16N2O4/c1-6-2-3-13(9(6)11(16)17)10(15)7-4-8(14)12-5-7/h6-7,9H,2-5H2,1H3,(H,12,14)(H,16,17). The fourth-order valence-corrected chi connectivity index (χ4v) is 2.59. The third-order valence-corrected chi connectivity index (χ3v) is 3.56. The van der Waals surface area contributed by atoms with E-state index in [1.54, 1.807) is 0 Å². The molecule has 0 saturated carbocycles. The molecule has 17 heavy (non-hydrogen) atoms. The van der Waals surface area contributed by atoms with E-state index >= 15 is 0 Å². The molecule has 2 heterocycles. The molecule has 0 aliphatic carbocycles. The first-order chi connectivity index (χ1) is 8.00. The highest BCUT2D eigenvalue weighted by molar-refractivity contribution is 5.91. The molecule has 0 aromatic carbocycles. The van der Waals surface area contributed by atoms with E-state index < -0.39 is 17.9 Å². The Kier molecular flexibility index (Phi) is 3.04. The van der Waals surface area contributed by atoms with Crippen molar-refractivity contribution in [3.05, 3.63) is 0 Å². The molecule has 6 heteroatoms. The van der Waals surface area contributed by atoms with Crippen LogP contribution < -0.4 is 5.32 Å². The van der Waals surface area contributed by atoms with Crippen LogP contribution in [0.5, 0.6) is 0 Å². The first kappa shape index (κ1) is 11.9. The number of nitrogens with zero attached hydrogens (tertiary/aromatic N) is 1. The van der Waals surface area contributed by atoms with Crippen LogP contribution in [-0.2, 0) is 14.4 Å². The maximum absolute atomic E-state index is 12.1. The van der Waals surface area contributed by atoms with Crippen LogP contribution in [0.2, 0.25) is 0 Å². The smallest absolute Gasteiger partial charge is 0.326 e. The summed E-state index contributed by atoms with van der Waals surface area (Å²) < 4.78 is 0. The first-order valence-corrected chi connectivity index (χ1v) is 5.80. The number of carbonyl (C=O) groups is 3. The average molecular weight is 240 g/mol. The van der Waals surface area contributed by atoms with Crippen LogP contribution in [0.4, 0.5) is 0 Å². The van der Waals surface area contributed by atoms with Crippen molar-refractivity contribution in [1.82, 2.24) is 10.2 Å². The molecule has 3 unspecified atom stereocenters. The molecule has 6 nitrogen and oxygen atoms in total. The van der Waals surface area contributed by atoms with Gasteiger partial charge < -0.3 is 15.3 Å². The fourth-order valence-electron chi connectivity index (χ4n) is 2.59. The van der Waals surface area contributed by atoms with Gasteiger partial charge in [0.1, 0.15) is 6.04 Å². The van der Waals surface area contributed by atoms with E-state index in [4.69, 9.17) is 5.11 Å². The van der Waals surface area contributed by atoms with E-state index in [9.17, 15) is 14.4 Å². The Morgan fingerprint density at radius 2 is 2.18 bits per heavy atom. The number of nitrogens with one attached hydrogen (secondary N) is 1. The summed E-state index contributed by atoms with van der Waals surface area (Å²) in [5.41, 5.74) is 0. The molecular formula is C11H16N2O4. The Morgan fingerprint density at radius 3 is 2.71 bits per heavy atom. The average Bonchev–Trinajstić information content (AvgIpc) is 2.83. The minimum Gasteiger partial charge on any atom is -0.480 e. The quantitative estimate of drug-likeness (QED) is 0.677. The zero-order valence-corrected chi connectivity index (χ0v) is 9.68. The normalized spacial score (nSPS) is 32.6. The van der Waals surface area contributed by atoms with Crippen molar-refractivity contribution in [2.75, 3.05) is 13.1 Å². The summed E-state index contributed by atoms with van der Waals surface area (Å²) in [6.07, 6.45) is 0.882. The van der Waals surface area contributed by atoms with Gasteiger partial charge in [0.15, 0.2) is 0 Å². The topological polar surface area (TPSA) is 86.7 Å². The van der Waals surface area contributed by atoms with Crippen LogP contribution in [0, 0.1) is 11.8 Å². The van der Waals surface area contributed by atoms with E-state index in [0.717, 1.165) is 0 Å². The Morgan fingerprint density at radius 1 is 1.47 bits per heavy atom. The summed E-state index contributed by atoms with van der Waals surface area (Å²) in [5.74, 6) is -1.72. The Balaban J connectivity index is 2.08. The highest BCUT2D eigenvalue weighted by Gasteiger charge is 2.42. The van der Waals surface area contributed by atoms with Gasteiger partial charge in [-0.15, -0.1) is 0 Å².